The van der Waals surface area contributed by atoms with Crippen LogP contribution in [0.25, 0.3) is 0 Å². The topological polar surface area (TPSA) is 71.9 Å². The number of hydrogen-bond acceptors (Lipinski definition) is 5. The summed E-state index contributed by atoms with van der Waals surface area (Å²) in [7, 11) is 0. The summed E-state index contributed by atoms with van der Waals surface area (Å²) < 4.78 is 10.8. The average molecular weight is 326 g/mol. The molecule has 2 atom stereocenters. The summed E-state index contributed by atoms with van der Waals surface area (Å²) in [5.74, 6) is 0.143. The quantitative estimate of drug-likeness (QED) is 0.928. The molecule has 1 fully saturated rings. The van der Waals surface area contributed by atoms with Crippen molar-refractivity contribution in [2.75, 3.05) is 19.9 Å². The van der Waals surface area contributed by atoms with Gasteiger partial charge < -0.3 is 14.6 Å². The largest absolute Gasteiger partial charge is 0.481 e. The molecule has 1 N–H and O–H groups in total. The van der Waals surface area contributed by atoms with Gasteiger partial charge in [-0.1, -0.05) is 12.1 Å². The lowest BCUT2D eigenvalue weighted by Gasteiger charge is -2.16. The Labute approximate surface area is 139 Å². The molecule has 4 rings (SSSR count). The number of carboxylic acids is 1. The highest BCUT2D eigenvalue weighted by atomic mass is 16.7. The van der Waals surface area contributed by atoms with Gasteiger partial charge in [0.2, 0.25) is 6.79 Å². The van der Waals surface area contributed by atoms with E-state index in [1.807, 2.05) is 36.4 Å². The lowest BCUT2D eigenvalue weighted by molar-refractivity contribution is -0.141. The average Bonchev–Trinajstić information content (AvgIpc) is 3.21. The Morgan fingerprint density at radius 3 is 2.88 bits per heavy atom. The molecule has 0 saturated carbocycles. The minimum absolute atomic E-state index is 0.0688. The van der Waals surface area contributed by atoms with Crippen LogP contribution < -0.4 is 9.47 Å². The molecule has 0 spiro atoms. The number of ether oxygens (including phenoxy) is 2. The Bertz CT molecular complexity index is 750. The predicted octanol–water partition coefficient (Wildman–Crippen LogP) is 2.11. The molecule has 1 saturated heterocycles. The van der Waals surface area contributed by atoms with E-state index in [9.17, 15) is 9.90 Å². The number of carboxylic acid groups (broad SMARTS) is 1. The van der Waals surface area contributed by atoms with Crippen LogP contribution in [0.5, 0.6) is 11.5 Å². The molecule has 2 aliphatic rings. The fraction of sp³-hybridized carbons (Fsp3) is 0.333. The van der Waals surface area contributed by atoms with Crippen LogP contribution in [0, 0.1) is 5.92 Å². The molecular weight excluding hydrogens is 308 g/mol. The third kappa shape index (κ3) is 2.80. The SMILES string of the molecule is O=C(O)[C@@H]1CN(Cc2ccccn2)C[C@H]1c1ccc2c(c1)OCO2. The van der Waals surface area contributed by atoms with Gasteiger partial charge in [0.1, 0.15) is 0 Å². The summed E-state index contributed by atoms with van der Waals surface area (Å²) in [5.41, 5.74) is 1.93. The van der Waals surface area contributed by atoms with Crippen molar-refractivity contribution < 1.29 is 19.4 Å². The Hall–Kier alpha value is -2.60. The van der Waals surface area contributed by atoms with Gasteiger partial charge in [-0.25, -0.2) is 0 Å². The zero-order chi connectivity index (χ0) is 16.5. The van der Waals surface area contributed by atoms with Crippen molar-refractivity contribution in [3.8, 4) is 11.5 Å². The van der Waals surface area contributed by atoms with Crippen molar-refractivity contribution in [2.24, 2.45) is 5.92 Å². The zero-order valence-electron chi connectivity index (χ0n) is 13.1. The Balaban J connectivity index is 1.56. The predicted molar refractivity (Wildman–Crippen MR) is 85.9 cm³/mol. The van der Waals surface area contributed by atoms with Gasteiger partial charge in [0.25, 0.3) is 0 Å². The van der Waals surface area contributed by atoms with Crippen LogP contribution in [0.2, 0.25) is 0 Å². The van der Waals surface area contributed by atoms with Crippen LogP contribution in [-0.2, 0) is 11.3 Å². The van der Waals surface area contributed by atoms with Gasteiger partial charge in [-0.15, -0.1) is 0 Å². The molecule has 0 radical (unpaired) electrons. The van der Waals surface area contributed by atoms with E-state index in [2.05, 4.69) is 9.88 Å². The first kappa shape index (κ1) is 15.0. The number of aromatic nitrogens is 1. The molecule has 0 bridgehead atoms. The smallest absolute Gasteiger partial charge is 0.308 e. The van der Waals surface area contributed by atoms with Crippen LogP contribution in [0.4, 0.5) is 0 Å². The normalized spacial score (nSPS) is 22.7. The Morgan fingerprint density at radius 1 is 1.21 bits per heavy atom. The number of likely N-dealkylation sites (tertiary alicyclic amines) is 1. The maximum atomic E-state index is 11.7. The highest BCUT2D eigenvalue weighted by Gasteiger charge is 2.39. The molecule has 6 heteroatoms. The molecule has 24 heavy (non-hydrogen) atoms. The second-order valence-corrected chi connectivity index (χ2v) is 6.18. The monoisotopic (exact) mass is 326 g/mol. The molecule has 2 aliphatic heterocycles. The van der Waals surface area contributed by atoms with E-state index in [0.29, 0.717) is 31.1 Å². The Morgan fingerprint density at radius 2 is 2.08 bits per heavy atom. The fourth-order valence-corrected chi connectivity index (χ4v) is 3.47. The lowest BCUT2D eigenvalue weighted by atomic mass is 9.89. The van der Waals surface area contributed by atoms with Gasteiger partial charge >= 0.3 is 5.97 Å². The molecule has 0 unspecified atom stereocenters. The minimum atomic E-state index is -0.763. The van der Waals surface area contributed by atoms with E-state index in [1.165, 1.54) is 0 Å². The van der Waals surface area contributed by atoms with E-state index >= 15 is 0 Å². The number of aliphatic carboxylic acids is 1. The van der Waals surface area contributed by atoms with Crippen molar-refractivity contribution in [3.63, 3.8) is 0 Å². The van der Waals surface area contributed by atoms with Gasteiger partial charge in [0, 0.05) is 31.7 Å². The van der Waals surface area contributed by atoms with Gasteiger partial charge in [-0.3, -0.25) is 14.7 Å². The third-order valence-electron chi connectivity index (χ3n) is 4.65. The molecule has 6 nitrogen and oxygen atoms in total. The number of benzene rings is 1. The van der Waals surface area contributed by atoms with Crippen molar-refractivity contribution in [2.45, 2.75) is 12.5 Å². The van der Waals surface area contributed by atoms with E-state index in [-0.39, 0.29) is 12.7 Å². The molecule has 2 aromatic rings. The molecule has 1 aromatic heterocycles. The van der Waals surface area contributed by atoms with Crippen molar-refractivity contribution in [3.05, 3.63) is 53.9 Å². The first-order valence-corrected chi connectivity index (χ1v) is 7.95. The maximum absolute atomic E-state index is 11.7. The number of rotatable bonds is 4. The van der Waals surface area contributed by atoms with Crippen LogP contribution >= 0.6 is 0 Å². The zero-order valence-corrected chi connectivity index (χ0v) is 13.1. The number of pyridine rings is 1. The van der Waals surface area contributed by atoms with Crippen LogP contribution in [0.1, 0.15) is 17.2 Å². The molecule has 0 aliphatic carbocycles. The number of hydrogen-bond donors (Lipinski definition) is 1. The van der Waals surface area contributed by atoms with E-state index in [4.69, 9.17) is 9.47 Å². The highest BCUT2D eigenvalue weighted by Crippen LogP contribution is 2.39. The summed E-state index contributed by atoms with van der Waals surface area (Å²) in [6.07, 6.45) is 1.76. The van der Waals surface area contributed by atoms with Crippen molar-refractivity contribution in [1.29, 1.82) is 0 Å². The first-order valence-electron chi connectivity index (χ1n) is 7.95. The highest BCUT2D eigenvalue weighted by molar-refractivity contribution is 5.72. The van der Waals surface area contributed by atoms with Crippen LogP contribution in [0.15, 0.2) is 42.6 Å². The van der Waals surface area contributed by atoms with E-state index < -0.39 is 11.9 Å². The summed E-state index contributed by atoms with van der Waals surface area (Å²) in [4.78, 5) is 18.2. The number of nitrogens with zero attached hydrogens (tertiary/aromatic N) is 2. The second-order valence-electron chi connectivity index (χ2n) is 6.18. The van der Waals surface area contributed by atoms with Gasteiger partial charge in [0.15, 0.2) is 11.5 Å². The van der Waals surface area contributed by atoms with Crippen LogP contribution in [-0.4, -0.2) is 40.8 Å². The molecule has 1 aromatic carbocycles. The molecule has 0 amide bonds. The maximum Gasteiger partial charge on any atom is 0.308 e. The van der Waals surface area contributed by atoms with Gasteiger partial charge in [-0.05, 0) is 29.8 Å². The van der Waals surface area contributed by atoms with E-state index in [1.54, 1.807) is 6.20 Å². The standard InChI is InChI=1S/C18H18N2O4/c21-18(22)15-10-20(8-13-3-1-2-6-19-13)9-14(15)12-4-5-16-17(7-12)24-11-23-16/h1-7,14-15H,8-11H2,(H,21,22)/t14-,15+/m0/s1. The minimum Gasteiger partial charge on any atom is -0.481 e. The van der Waals surface area contributed by atoms with Crippen LogP contribution in [0.3, 0.4) is 0 Å². The Kier molecular flexibility index (Phi) is 3.82. The fourth-order valence-electron chi connectivity index (χ4n) is 3.47. The van der Waals surface area contributed by atoms with Gasteiger partial charge in [-0.2, -0.15) is 0 Å². The molecule has 124 valence electrons. The third-order valence-corrected chi connectivity index (χ3v) is 4.65. The second kappa shape index (κ2) is 6.13. The van der Waals surface area contributed by atoms with E-state index in [0.717, 1.165) is 11.3 Å². The molecular formula is C18H18N2O4. The molecule has 3 heterocycles. The summed E-state index contributed by atoms with van der Waals surface area (Å²) in [6, 6.07) is 11.5. The number of carbonyl (C=O) groups is 1. The summed E-state index contributed by atoms with van der Waals surface area (Å²) in [5, 5.41) is 9.62. The number of fused-ring (bicyclic) bond motifs is 1. The lowest BCUT2D eigenvalue weighted by Crippen LogP contribution is -2.23. The summed E-state index contributed by atoms with van der Waals surface area (Å²) >= 11 is 0. The first-order chi connectivity index (χ1) is 11.7. The van der Waals surface area contributed by atoms with Crippen molar-refractivity contribution >= 4 is 5.97 Å². The van der Waals surface area contributed by atoms with Gasteiger partial charge in [0.05, 0.1) is 11.6 Å². The summed E-state index contributed by atoms with van der Waals surface area (Å²) in [6.45, 7) is 2.08. The van der Waals surface area contributed by atoms with Crippen molar-refractivity contribution in [1.82, 2.24) is 9.88 Å².